The van der Waals surface area contributed by atoms with Crippen molar-refractivity contribution < 1.29 is 19.1 Å². The number of hydrogen-bond donors (Lipinski definition) is 2. The molecule has 3 N–H and O–H groups in total. The van der Waals surface area contributed by atoms with E-state index in [1.807, 2.05) is 18.2 Å². The Morgan fingerprint density at radius 1 is 1.04 bits per heavy atom. The molecule has 0 aliphatic carbocycles. The highest BCUT2D eigenvalue weighted by Gasteiger charge is 2.29. The number of amides is 3. The second-order valence-corrected chi connectivity index (χ2v) is 6.54. The van der Waals surface area contributed by atoms with Crippen LogP contribution in [0.1, 0.15) is 12.8 Å². The number of morpholine rings is 1. The maximum atomic E-state index is 12.4. The van der Waals surface area contributed by atoms with Crippen LogP contribution in [0.3, 0.4) is 0 Å². The van der Waals surface area contributed by atoms with Crippen LogP contribution >= 0.6 is 0 Å². The van der Waals surface area contributed by atoms with Gasteiger partial charge in [-0.2, -0.15) is 0 Å². The second kappa shape index (κ2) is 8.18. The minimum atomic E-state index is -0.664. The monoisotopic (exact) mass is 360 g/mol. The minimum Gasteiger partial charge on any atom is -0.378 e. The second-order valence-electron chi connectivity index (χ2n) is 6.54. The highest BCUT2D eigenvalue weighted by atomic mass is 16.5. The molecule has 1 aromatic rings. The molecule has 26 heavy (non-hydrogen) atoms. The van der Waals surface area contributed by atoms with Gasteiger partial charge < -0.3 is 25.6 Å². The molecule has 2 aliphatic heterocycles. The summed E-state index contributed by atoms with van der Waals surface area (Å²) in [5, 5.41) is 2.73. The summed E-state index contributed by atoms with van der Waals surface area (Å²) in [5.41, 5.74) is 6.79. The predicted octanol–water partition coefficient (Wildman–Crippen LogP) is 0.186. The number of carbonyl (C=O) groups excluding carboxylic acids is 3. The number of rotatable bonds is 3. The molecule has 0 bridgehead atoms. The molecule has 2 aliphatic rings. The molecule has 8 nitrogen and oxygen atoms in total. The molecule has 0 saturated carbocycles. The highest BCUT2D eigenvalue weighted by molar-refractivity contribution is 6.39. The predicted molar refractivity (Wildman–Crippen MR) is 96.6 cm³/mol. The molecule has 2 heterocycles. The average molecular weight is 360 g/mol. The fourth-order valence-corrected chi connectivity index (χ4v) is 3.35. The van der Waals surface area contributed by atoms with Gasteiger partial charge in [0.2, 0.25) is 5.91 Å². The molecule has 3 amide bonds. The quantitative estimate of drug-likeness (QED) is 0.749. The van der Waals surface area contributed by atoms with E-state index in [9.17, 15) is 14.4 Å². The van der Waals surface area contributed by atoms with E-state index in [1.54, 1.807) is 6.07 Å². The smallest absolute Gasteiger partial charge is 0.313 e. The Balaban J connectivity index is 1.63. The van der Waals surface area contributed by atoms with Gasteiger partial charge >= 0.3 is 11.8 Å². The van der Waals surface area contributed by atoms with Crippen molar-refractivity contribution in [2.75, 3.05) is 49.6 Å². The molecular weight excluding hydrogens is 336 g/mol. The summed E-state index contributed by atoms with van der Waals surface area (Å²) in [6.45, 7) is 3.48. The number of nitrogens with two attached hydrogens (primary N) is 1. The zero-order valence-corrected chi connectivity index (χ0v) is 14.6. The van der Waals surface area contributed by atoms with Crippen LogP contribution in [0.15, 0.2) is 24.3 Å². The fraction of sp³-hybridized carbons (Fsp3) is 0.500. The van der Waals surface area contributed by atoms with Crippen molar-refractivity contribution in [3.8, 4) is 0 Å². The van der Waals surface area contributed by atoms with Gasteiger partial charge in [0.15, 0.2) is 0 Å². The van der Waals surface area contributed by atoms with Crippen molar-refractivity contribution in [2.24, 2.45) is 11.7 Å². The number of para-hydroxylation sites is 2. The number of nitrogens with zero attached hydrogens (tertiary/aromatic N) is 2. The highest BCUT2D eigenvalue weighted by Crippen LogP contribution is 2.26. The molecule has 140 valence electrons. The van der Waals surface area contributed by atoms with Crippen LogP contribution in [0.25, 0.3) is 0 Å². The van der Waals surface area contributed by atoms with Crippen molar-refractivity contribution in [1.29, 1.82) is 0 Å². The molecule has 2 saturated heterocycles. The third kappa shape index (κ3) is 4.13. The van der Waals surface area contributed by atoms with Gasteiger partial charge in [0.1, 0.15) is 0 Å². The Morgan fingerprint density at radius 2 is 1.69 bits per heavy atom. The Bertz CT molecular complexity index is 680. The van der Waals surface area contributed by atoms with E-state index in [4.69, 9.17) is 10.5 Å². The fourth-order valence-electron chi connectivity index (χ4n) is 3.35. The van der Waals surface area contributed by atoms with Crippen molar-refractivity contribution in [2.45, 2.75) is 12.8 Å². The van der Waals surface area contributed by atoms with Crippen LogP contribution in [0.2, 0.25) is 0 Å². The van der Waals surface area contributed by atoms with Crippen molar-refractivity contribution in [3.63, 3.8) is 0 Å². The summed E-state index contributed by atoms with van der Waals surface area (Å²) in [5.74, 6) is -1.81. The SMILES string of the molecule is NC(=O)C1CCN(C(=O)C(=O)Nc2ccccc2N2CCOCC2)CC1. The Labute approximate surface area is 152 Å². The number of ether oxygens (including phenoxy) is 1. The van der Waals surface area contributed by atoms with E-state index in [2.05, 4.69) is 10.2 Å². The summed E-state index contributed by atoms with van der Waals surface area (Å²) in [7, 11) is 0. The average Bonchev–Trinajstić information content (AvgIpc) is 2.68. The number of piperidine rings is 1. The van der Waals surface area contributed by atoms with Gasteiger partial charge in [-0.25, -0.2) is 0 Å². The third-order valence-electron chi connectivity index (χ3n) is 4.88. The molecule has 0 radical (unpaired) electrons. The van der Waals surface area contributed by atoms with Crippen LogP contribution in [0, 0.1) is 5.92 Å². The first kappa shape index (κ1) is 18.2. The number of anilines is 2. The van der Waals surface area contributed by atoms with Crippen molar-refractivity contribution in [1.82, 2.24) is 4.90 Å². The van der Waals surface area contributed by atoms with E-state index in [0.717, 1.165) is 18.8 Å². The molecule has 0 atom stereocenters. The van der Waals surface area contributed by atoms with Gasteiger partial charge in [-0.15, -0.1) is 0 Å². The molecular formula is C18H24N4O4. The van der Waals surface area contributed by atoms with Gasteiger partial charge in [0.05, 0.1) is 24.6 Å². The van der Waals surface area contributed by atoms with Crippen LogP contribution in [-0.4, -0.2) is 62.0 Å². The zero-order chi connectivity index (χ0) is 18.5. The van der Waals surface area contributed by atoms with Gasteiger partial charge in [-0.05, 0) is 25.0 Å². The lowest BCUT2D eigenvalue weighted by Gasteiger charge is -2.31. The van der Waals surface area contributed by atoms with Gasteiger partial charge in [0, 0.05) is 32.1 Å². The molecule has 1 aromatic carbocycles. The number of carbonyl (C=O) groups is 3. The largest absolute Gasteiger partial charge is 0.378 e. The van der Waals surface area contributed by atoms with Crippen LogP contribution in [-0.2, 0) is 19.1 Å². The first-order valence-electron chi connectivity index (χ1n) is 8.87. The Morgan fingerprint density at radius 3 is 2.35 bits per heavy atom. The summed E-state index contributed by atoms with van der Waals surface area (Å²) >= 11 is 0. The number of benzene rings is 1. The first-order valence-corrected chi connectivity index (χ1v) is 8.87. The van der Waals surface area contributed by atoms with Crippen LogP contribution in [0.5, 0.6) is 0 Å². The van der Waals surface area contributed by atoms with Crippen LogP contribution < -0.4 is 16.0 Å². The Hall–Kier alpha value is -2.61. The molecule has 2 fully saturated rings. The van der Waals surface area contributed by atoms with E-state index < -0.39 is 11.8 Å². The van der Waals surface area contributed by atoms with E-state index in [1.165, 1.54) is 4.90 Å². The third-order valence-corrected chi connectivity index (χ3v) is 4.88. The topological polar surface area (TPSA) is 105 Å². The summed E-state index contributed by atoms with van der Waals surface area (Å²) < 4.78 is 5.36. The number of hydrogen-bond acceptors (Lipinski definition) is 5. The number of likely N-dealkylation sites (tertiary alicyclic amines) is 1. The summed E-state index contributed by atoms with van der Waals surface area (Å²) in [6, 6.07) is 7.43. The minimum absolute atomic E-state index is 0.218. The lowest BCUT2D eigenvalue weighted by molar-refractivity contribution is -0.144. The zero-order valence-electron chi connectivity index (χ0n) is 14.6. The van der Waals surface area contributed by atoms with E-state index in [0.29, 0.717) is 44.8 Å². The lowest BCUT2D eigenvalue weighted by Crippen LogP contribution is -2.46. The normalized spacial score (nSPS) is 18.5. The summed E-state index contributed by atoms with van der Waals surface area (Å²) in [6.07, 6.45) is 0.997. The van der Waals surface area contributed by atoms with E-state index in [-0.39, 0.29) is 11.8 Å². The maximum Gasteiger partial charge on any atom is 0.313 e. The molecule has 8 heteroatoms. The molecule has 0 aromatic heterocycles. The van der Waals surface area contributed by atoms with Crippen molar-refractivity contribution in [3.05, 3.63) is 24.3 Å². The molecule has 0 spiro atoms. The van der Waals surface area contributed by atoms with Gasteiger partial charge in [0.25, 0.3) is 0 Å². The maximum absolute atomic E-state index is 12.4. The van der Waals surface area contributed by atoms with Crippen molar-refractivity contribution >= 4 is 29.1 Å². The molecule has 3 rings (SSSR count). The summed E-state index contributed by atoms with van der Waals surface area (Å²) in [4.78, 5) is 39.7. The van der Waals surface area contributed by atoms with E-state index >= 15 is 0 Å². The lowest BCUT2D eigenvalue weighted by atomic mass is 9.96. The number of primary amides is 1. The first-order chi connectivity index (χ1) is 12.6. The standard InChI is InChI=1S/C18H24N4O4/c19-16(23)13-5-7-22(8-6-13)18(25)17(24)20-14-3-1-2-4-15(14)21-9-11-26-12-10-21/h1-4,13H,5-12H2,(H2,19,23)(H,20,24). The number of nitrogens with one attached hydrogen (secondary N) is 1. The van der Waals surface area contributed by atoms with Gasteiger partial charge in [-0.3, -0.25) is 14.4 Å². The Kier molecular flexibility index (Phi) is 5.72. The van der Waals surface area contributed by atoms with Gasteiger partial charge in [-0.1, -0.05) is 12.1 Å². The van der Waals surface area contributed by atoms with Crippen LogP contribution in [0.4, 0.5) is 11.4 Å². The molecule has 0 unspecified atom stereocenters.